The Balaban J connectivity index is 2.75. The molecule has 1 aromatic heterocycles. The lowest BCUT2D eigenvalue weighted by Gasteiger charge is -2.17. The van der Waals surface area contributed by atoms with Gasteiger partial charge in [-0.3, -0.25) is 0 Å². The largest absolute Gasteiger partial charge is 0.396 e. The number of rotatable bonds is 8. The van der Waals surface area contributed by atoms with Gasteiger partial charge in [0.25, 0.3) is 0 Å². The van der Waals surface area contributed by atoms with Crippen molar-refractivity contribution in [3.63, 3.8) is 0 Å². The van der Waals surface area contributed by atoms with Crippen LogP contribution in [0.5, 0.6) is 0 Å². The molecule has 0 bridgehead atoms. The van der Waals surface area contributed by atoms with Gasteiger partial charge in [-0.2, -0.15) is 0 Å². The number of nitrogen functional groups attached to an aromatic ring is 1. The van der Waals surface area contributed by atoms with E-state index in [4.69, 9.17) is 10.8 Å². The zero-order valence-corrected chi connectivity index (χ0v) is 12.2. The van der Waals surface area contributed by atoms with E-state index < -0.39 is 0 Å². The Labute approximate surface area is 115 Å². The van der Waals surface area contributed by atoms with Crippen LogP contribution >= 0.6 is 0 Å². The number of aliphatic hydroxyl groups is 1. The van der Waals surface area contributed by atoms with Crippen molar-refractivity contribution in [2.75, 3.05) is 24.2 Å². The molecule has 19 heavy (non-hydrogen) atoms. The van der Waals surface area contributed by atoms with Crippen LogP contribution in [-0.2, 0) is 6.42 Å². The topological polar surface area (TPSA) is 84.1 Å². The summed E-state index contributed by atoms with van der Waals surface area (Å²) >= 11 is 0. The maximum atomic E-state index is 9.00. The Morgan fingerprint density at radius 2 is 2.05 bits per heavy atom. The molecule has 0 saturated heterocycles. The standard InChI is InChI=1S/C14H26N4O/c1-4-6-12-17-13(15)10(3)14(18-12)16-9-11(5-2)7-8-19/h11,19H,4-9H2,1-3H3,(H3,15,16,17,18). The molecule has 1 aromatic rings. The number of nitrogens with one attached hydrogen (secondary N) is 1. The van der Waals surface area contributed by atoms with Gasteiger partial charge in [-0.1, -0.05) is 20.3 Å². The quantitative estimate of drug-likeness (QED) is 0.671. The maximum absolute atomic E-state index is 9.00. The van der Waals surface area contributed by atoms with Crippen LogP contribution in [0.3, 0.4) is 0 Å². The third kappa shape index (κ3) is 4.67. The first-order valence-corrected chi connectivity index (χ1v) is 7.10. The average molecular weight is 266 g/mol. The lowest BCUT2D eigenvalue weighted by Crippen LogP contribution is -2.17. The minimum atomic E-state index is 0.228. The first kappa shape index (κ1) is 15.7. The molecule has 108 valence electrons. The van der Waals surface area contributed by atoms with Crippen LogP contribution in [0, 0.1) is 12.8 Å². The summed E-state index contributed by atoms with van der Waals surface area (Å²) in [5.41, 5.74) is 6.82. The van der Waals surface area contributed by atoms with E-state index in [-0.39, 0.29) is 6.61 Å². The minimum Gasteiger partial charge on any atom is -0.396 e. The Morgan fingerprint density at radius 3 is 2.63 bits per heavy atom. The normalized spacial score (nSPS) is 12.4. The van der Waals surface area contributed by atoms with Gasteiger partial charge < -0.3 is 16.2 Å². The molecule has 0 amide bonds. The predicted molar refractivity (Wildman–Crippen MR) is 79.1 cm³/mol. The number of nitrogens with zero attached hydrogens (tertiary/aromatic N) is 2. The number of hydrogen-bond donors (Lipinski definition) is 3. The van der Waals surface area contributed by atoms with Gasteiger partial charge in [0.15, 0.2) is 0 Å². The van der Waals surface area contributed by atoms with Crippen LogP contribution < -0.4 is 11.1 Å². The van der Waals surface area contributed by atoms with Crippen molar-refractivity contribution >= 4 is 11.6 Å². The molecule has 1 heterocycles. The second-order valence-electron chi connectivity index (χ2n) is 4.92. The van der Waals surface area contributed by atoms with Gasteiger partial charge >= 0.3 is 0 Å². The molecule has 5 nitrogen and oxygen atoms in total. The summed E-state index contributed by atoms with van der Waals surface area (Å²) in [7, 11) is 0. The van der Waals surface area contributed by atoms with E-state index in [1.165, 1.54) is 0 Å². The molecule has 0 spiro atoms. The summed E-state index contributed by atoms with van der Waals surface area (Å²) in [6.07, 6.45) is 3.69. The van der Waals surface area contributed by atoms with Crippen molar-refractivity contribution in [1.82, 2.24) is 9.97 Å². The summed E-state index contributed by atoms with van der Waals surface area (Å²) in [4.78, 5) is 8.82. The number of nitrogens with two attached hydrogens (primary N) is 1. The van der Waals surface area contributed by atoms with Crippen LogP contribution in [0.4, 0.5) is 11.6 Å². The van der Waals surface area contributed by atoms with Gasteiger partial charge in [-0.15, -0.1) is 0 Å². The molecule has 4 N–H and O–H groups in total. The predicted octanol–water partition coefficient (Wildman–Crippen LogP) is 2.14. The second kappa shape index (κ2) is 7.94. The summed E-state index contributed by atoms with van der Waals surface area (Å²) in [6.45, 7) is 7.19. The molecule has 0 aliphatic rings. The molecular formula is C14H26N4O. The van der Waals surface area contributed by atoms with Gasteiger partial charge in [-0.05, 0) is 25.7 Å². The summed E-state index contributed by atoms with van der Waals surface area (Å²) in [5.74, 6) is 2.63. The highest BCUT2D eigenvalue weighted by Crippen LogP contribution is 2.19. The third-order valence-electron chi connectivity index (χ3n) is 3.38. The number of anilines is 2. The Kier molecular flexibility index (Phi) is 6.56. The second-order valence-corrected chi connectivity index (χ2v) is 4.92. The Morgan fingerprint density at radius 1 is 1.32 bits per heavy atom. The number of aryl methyl sites for hydroxylation is 1. The lowest BCUT2D eigenvalue weighted by atomic mass is 10.0. The lowest BCUT2D eigenvalue weighted by molar-refractivity contribution is 0.258. The van der Waals surface area contributed by atoms with E-state index in [1.807, 2.05) is 6.92 Å². The van der Waals surface area contributed by atoms with Gasteiger partial charge in [0.1, 0.15) is 17.5 Å². The molecular weight excluding hydrogens is 240 g/mol. The smallest absolute Gasteiger partial charge is 0.134 e. The molecule has 0 saturated carbocycles. The monoisotopic (exact) mass is 266 g/mol. The highest BCUT2D eigenvalue weighted by molar-refractivity contribution is 5.54. The fourth-order valence-electron chi connectivity index (χ4n) is 1.96. The van der Waals surface area contributed by atoms with E-state index in [0.717, 1.165) is 49.4 Å². The molecule has 0 aromatic carbocycles. The number of aromatic nitrogens is 2. The van der Waals surface area contributed by atoms with Crippen molar-refractivity contribution in [3.8, 4) is 0 Å². The van der Waals surface area contributed by atoms with E-state index >= 15 is 0 Å². The third-order valence-corrected chi connectivity index (χ3v) is 3.38. The molecule has 0 aliphatic heterocycles. The zero-order valence-electron chi connectivity index (χ0n) is 12.2. The zero-order chi connectivity index (χ0) is 14.3. The van der Waals surface area contributed by atoms with E-state index in [0.29, 0.717) is 11.7 Å². The number of aliphatic hydroxyl groups excluding tert-OH is 1. The summed E-state index contributed by atoms with van der Waals surface area (Å²) < 4.78 is 0. The van der Waals surface area contributed by atoms with E-state index in [9.17, 15) is 0 Å². The molecule has 0 fully saturated rings. The summed E-state index contributed by atoms with van der Waals surface area (Å²) in [5, 5.41) is 12.4. The SMILES string of the molecule is CCCc1nc(N)c(C)c(NCC(CC)CCO)n1. The van der Waals surface area contributed by atoms with Crippen molar-refractivity contribution in [1.29, 1.82) is 0 Å². The fourth-order valence-corrected chi connectivity index (χ4v) is 1.96. The van der Waals surface area contributed by atoms with Crippen LogP contribution in [-0.4, -0.2) is 28.2 Å². The highest BCUT2D eigenvalue weighted by atomic mass is 16.3. The van der Waals surface area contributed by atoms with Crippen LogP contribution in [0.15, 0.2) is 0 Å². The Hall–Kier alpha value is -1.36. The van der Waals surface area contributed by atoms with Crippen LogP contribution in [0.1, 0.15) is 44.5 Å². The van der Waals surface area contributed by atoms with Gasteiger partial charge in [0, 0.05) is 25.1 Å². The first-order chi connectivity index (χ1) is 9.12. The average Bonchev–Trinajstić information content (AvgIpc) is 2.39. The van der Waals surface area contributed by atoms with E-state index in [1.54, 1.807) is 0 Å². The molecule has 0 aliphatic carbocycles. The molecule has 1 atom stereocenters. The number of hydrogen-bond acceptors (Lipinski definition) is 5. The van der Waals surface area contributed by atoms with Crippen molar-refractivity contribution in [2.45, 2.75) is 46.5 Å². The minimum absolute atomic E-state index is 0.228. The van der Waals surface area contributed by atoms with Crippen molar-refractivity contribution in [2.24, 2.45) is 5.92 Å². The summed E-state index contributed by atoms with van der Waals surface area (Å²) in [6, 6.07) is 0. The fraction of sp³-hybridized carbons (Fsp3) is 0.714. The molecule has 5 heteroatoms. The van der Waals surface area contributed by atoms with Gasteiger partial charge in [0.2, 0.25) is 0 Å². The van der Waals surface area contributed by atoms with Crippen molar-refractivity contribution < 1.29 is 5.11 Å². The van der Waals surface area contributed by atoms with Gasteiger partial charge in [-0.25, -0.2) is 9.97 Å². The van der Waals surface area contributed by atoms with E-state index in [2.05, 4.69) is 29.1 Å². The molecule has 0 radical (unpaired) electrons. The molecule has 1 unspecified atom stereocenters. The maximum Gasteiger partial charge on any atom is 0.134 e. The molecule has 1 rings (SSSR count). The highest BCUT2D eigenvalue weighted by Gasteiger charge is 2.10. The van der Waals surface area contributed by atoms with Crippen LogP contribution in [0.2, 0.25) is 0 Å². The van der Waals surface area contributed by atoms with Crippen LogP contribution in [0.25, 0.3) is 0 Å². The van der Waals surface area contributed by atoms with Crippen molar-refractivity contribution in [3.05, 3.63) is 11.4 Å². The van der Waals surface area contributed by atoms with Gasteiger partial charge in [0.05, 0.1) is 0 Å². The first-order valence-electron chi connectivity index (χ1n) is 7.10. The Bertz CT molecular complexity index is 395.